The molecular weight excluding hydrogens is 374 g/mol. The number of ether oxygens (including phenoxy) is 1. The fourth-order valence-corrected chi connectivity index (χ4v) is 6.80. The van der Waals surface area contributed by atoms with Gasteiger partial charge >= 0.3 is 0 Å². The maximum Gasteiger partial charge on any atom is 0.243 e. The third-order valence-corrected chi connectivity index (χ3v) is 8.18. The summed E-state index contributed by atoms with van der Waals surface area (Å²) in [6.45, 7) is 6.09. The van der Waals surface area contributed by atoms with Gasteiger partial charge in [-0.3, -0.25) is 4.90 Å². The zero-order chi connectivity index (χ0) is 19.9. The monoisotopic (exact) mass is 403 g/mol. The fraction of sp³-hybridized carbons (Fsp3) is 0.560. The highest BCUT2D eigenvalue weighted by atomic mass is 16.5. The van der Waals surface area contributed by atoms with Crippen LogP contribution in [-0.4, -0.2) is 34.1 Å². The van der Waals surface area contributed by atoms with Crippen molar-refractivity contribution in [2.24, 2.45) is 5.41 Å². The van der Waals surface area contributed by atoms with Crippen LogP contribution in [-0.2, 0) is 24.2 Å². The Balaban J connectivity index is 1.55. The van der Waals surface area contributed by atoms with Gasteiger partial charge in [-0.15, -0.1) is 0 Å². The molecule has 0 saturated carbocycles. The Morgan fingerprint density at radius 1 is 1.20 bits per heavy atom. The van der Waals surface area contributed by atoms with Crippen molar-refractivity contribution in [3.8, 4) is 0 Å². The highest BCUT2D eigenvalue weighted by Crippen LogP contribution is 2.55. The second kappa shape index (κ2) is 6.21. The van der Waals surface area contributed by atoms with E-state index in [1.165, 1.54) is 47.9 Å². The first-order chi connectivity index (χ1) is 14.8. The molecule has 0 amide bonds. The molecule has 0 spiro atoms. The van der Waals surface area contributed by atoms with Crippen molar-refractivity contribution >= 4 is 17.8 Å². The number of nitrogens with zero attached hydrogens (tertiary/aromatic N) is 3. The zero-order valence-electron chi connectivity index (χ0n) is 17.7. The second-order valence-electron chi connectivity index (χ2n) is 9.58. The van der Waals surface area contributed by atoms with Gasteiger partial charge < -0.3 is 13.7 Å². The summed E-state index contributed by atoms with van der Waals surface area (Å²) in [5, 5.41) is 2.86. The lowest BCUT2D eigenvalue weighted by Crippen LogP contribution is -2.51. The summed E-state index contributed by atoms with van der Waals surface area (Å²) >= 11 is 0. The standard InChI is InChI=1S/C25H29N3O2/c1-2-25-10-5-11-27-12-8-17-16-6-3-4-7-19(16)28(22(17)23(25)27)20(14-25)24-26-18-15-29-13-9-21(18)30-24/h6-7,14,23H,2-5,8-13,15H2,1H3/t23-,25+/m1/s1. The van der Waals surface area contributed by atoms with Crippen LogP contribution in [0, 0.1) is 5.41 Å². The molecule has 0 radical (unpaired) electrons. The van der Waals surface area contributed by atoms with Gasteiger partial charge in [-0.05, 0) is 61.9 Å². The minimum absolute atomic E-state index is 0.172. The van der Waals surface area contributed by atoms with Crippen molar-refractivity contribution in [1.29, 1.82) is 0 Å². The molecular formula is C25H29N3O2. The first kappa shape index (κ1) is 17.6. The summed E-state index contributed by atoms with van der Waals surface area (Å²) in [4.78, 5) is 7.72. The molecule has 0 unspecified atom stereocenters. The molecule has 5 aliphatic rings. The molecule has 2 aromatic heterocycles. The van der Waals surface area contributed by atoms with Gasteiger partial charge in [0.1, 0.15) is 17.2 Å². The Labute approximate surface area is 176 Å². The molecule has 5 heteroatoms. The Bertz CT molecular complexity index is 1180. The van der Waals surface area contributed by atoms with Crippen LogP contribution < -0.4 is 10.6 Å². The van der Waals surface area contributed by atoms with Gasteiger partial charge in [0, 0.05) is 29.4 Å². The maximum absolute atomic E-state index is 6.40. The van der Waals surface area contributed by atoms with Crippen LogP contribution >= 0.6 is 0 Å². The lowest BCUT2D eigenvalue weighted by atomic mass is 9.66. The predicted octanol–water partition coefficient (Wildman–Crippen LogP) is 2.90. The Kier molecular flexibility index (Phi) is 3.63. The van der Waals surface area contributed by atoms with Crippen LogP contribution in [0.25, 0.3) is 17.8 Å². The normalized spacial score (nSPS) is 29.2. The van der Waals surface area contributed by atoms with Crippen LogP contribution in [0.2, 0.25) is 0 Å². The van der Waals surface area contributed by atoms with E-state index >= 15 is 0 Å². The third-order valence-electron chi connectivity index (χ3n) is 8.18. The molecule has 0 bridgehead atoms. The van der Waals surface area contributed by atoms with E-state index in [2.05, 4.69) is 34.6 Å². The first-order valence-corrected chi connectivity index (χ1v) is 11.8. The Morgan fingerprint density at radius 3 is 3.03 bits per heavy atom. The summed E-state index contributed by atoms with van der Waals surface area (Å²) in [7, 11) is 0. The van der Waals surface area contributed by atoms with E-state index in [9.17, 15) is 0 Å². The van der Waals surface area contributed by atoms with Crippen LogP contribution in [0.5, 0.6) is 0 Å². The van der Waals surface area contributed by atoms with E-state index in [1.54, 1.807) is 5.56 Å². The lowest BCUT2D eigenvalue weighted by Gasteiger charge is -2.53. The van der Waals surface area contributed by atoms with Gasteiger partial charge in [-0.2, -0.15) is 0 Å². The largest absolute Gasteiger partial charge is 0.439 e. The SMILES string of the molecule is CC[C@@]12C=C(c3nc4c(o3)CCOC4)n3c4c(c5c3=CCCC=5)CCN(CCC1)[C@H]42. The van der Waals surface area contributed by atoms with Crippen molar-refractivity contribution in [1.82, 2.24) is 14.5 Å². The molecule has 30 heavy (non-hydrogen) atoms. The summed E-state index contributed by atoms with van der Waals surface area (Å²) in [6, 6.07) is 0.490. The quantitative estimate of drug-likeness (QED) is 0.773. The number of hydrogen-bond donors (Lipinski definition) is 0. The minimum Gasteiger partial charge on any atom is -0.439 e. The third kappa shape index (κ3) is 2.17. The van der Waals surface area contributed by atoms with E-state index in [4.69, 9.17) is 14.1 Å². The average molecular weight is 404 g/mol. The smallest absolute Gasteiger partial charge is 0.243 e. The molecule has 156 valence electrons. The molecule has 4 aliphatic heterocycles. The molecule has 5 nitrogen and oxygen atoms in total. The molecule has 7 rings (SSSR count). The van der Waals surface area contributed by atoms with Gasteiger partial charge in [0.25, 0.3) is 0 Å². The van der Waals surface area contributed by atoms with E-state index in [0.717, 1.165) is 56.1 Å². The van der Waals surface area contributed by atoms with Crippen LogP contribution in [0.15, 0.2) is 10.5 Å². The highest BCUT2D eigenvalue weighted by Gasteiger charge is 2.50. The lowest BCUT2D eigenvalue weighted by molar-refractivity contribution is 0.0263. The van der Waals surface area contributed by atoms with Crippen molar-refractivity contribution in [3.63, 3.8) is 0 Å². The number of fused-ring (bicyclic) bond motifs is 4. The number of hydrogen-bond acceptors (Lipinski definition) is 4. The van der Waals surface area contributed by atoms with E-state index in [1.807, 2.05) is 0 Å². The molecule has 2 aromatic rings. The van der Waals surface area contributed by atoms with Gasteiger partial charge in [0.05, 0.1) is 19.3 Å². The summed E-state index contributed by atoms with van der Waals surface area (Å²) in [5.74, 6) is 1.81. The van der Waals surface area contributed by atoms with Crippen LogP contribution in [0.3, 0.4) is 0 Å². The molecule has 0 aromatic carbocycles. The van der Waals surface area contributed by atoms with E-state index in [-0.39, 0.29) is 5.41 Å². The van der Waals surface area contributed by atoms with Crippen LogP contribution in [0.4, 0.5) is 0 Å². The Hall–Kier alpha value is -2.11. The van der Waals surface area contributed by atoms with Gasteiger partial charge in [-0.25, -0.2) is 4.98 Å². The Morgan fingerprint density at radius 2 is 2.13 bits per heavy atom. The fourth-order valence-electron chi connectivity index (χ4n) is 6.80. The number of aromatic nitrogens is 2. The summed E-state index contributed by atoms with van der Waals surface area (Å²) < 4.78 is 14.6. The van der Waals surface area contributed by atoms with Crippen LogP contribution in [0.1, 0.15) is 73.7 Å². The molecule has 6 heterocycles. The second-order valence-corrected chi connectivity index (χ2v) is 9.58. The van der Waals surface area contributed by atoms with Crippen molar-refractivity contribution in [2.75, 3.05) is 19.7 Å². The predicted molar refractivity (Wildman–Crippen MR) is 115 cm³/mol. The number of piperidine rings is 1. The first-order valence-electron chi connectivity index (χ1n) is 11.8. The topological polar surface area (TPSA) is 43.4 Å². The molecule has 1 aliphatic carbocycles. The van der Waals surface area contributed by atoms with Crippen molar-refractivity contribution < 1.29 is 9.15 Å². The zero-order valence-corrected chi connectivity index (χ0v) is 17.7. The number of rotatable bonds is 2. The van der Waals surface area contributed by atoms with Gasteiger partial charge in [-0.1, -0.05) is 19.1 Å². The average Bonchev–Trinajstić information content (AvgIpc) is 3.38. The molecule has 0 N–H and O–H groups in total. The van der Waals surface area contributed by atoms with E-state index in [0.29, 0.717) is 12.6 Å². The van der Waals surface area contributed by atoms with Crippen molar-refractivity contribution in [2.45, 2.75) is 64.5 Å². The summed E-state index contributed by atoms with van der Waals surface area (Å²) in [6.07, 6.45) is 15.4. The van der Waals surface area contributed by atoms with E-state index < -0.39 is 0 Å². The molecule has 2 atom stereocenters. The van der Waals surface area contributed by atoms with Gasteiger partial charge in [0.15, 0.2) is 0 Å². The highest BCUT2D eigenvalue weighted by molar-refractivity contribution is 5.67. The minimum atomic E-state index is 0.172. The maximum atomic E-state index is 6.40. The molecule has 1 saturated heterocycles. The van der Waals surface area contributed by atoms with Crippen molar-refractivity contribution in [3.05, 3.63) is 45.2 Å². The van der Waals surface area contributed by atoms with Gasteiger partial charge in [0.2, 0.25) is 5.89 Å². The number of oxazole rings is 1. The molecule has 1 fully saturated rings. The summed E-state index contributed by atoms with van der Waals surface area (Å²) in [5.41, 5.74) is 5.46.